The van der Waals surface area contributed by atoms with Crippen LogP contribution in [0.5, 0.6) is 0 Å². The van der Waals surface area contributed by atoms with Crippen LogP contribution in [-0.2, 0) is 11.3 Å². The molecule has 0 atom stereocenters. The van der Waals surface area contributed by atoms with Crippen LogP contribution in [0.4, 0.5) is 0 Å². The molecule has 0 radical (unpaired) electrons. The average Bonchev–Trinajstić information content (AvgIpc) is 2.70. The predicted molar refractivity (Wildman–Crippen MR) is 78.4 cm³/mol. The monoisotopic (exact) mass is 343 g/mol. The quantitative estimate of drug-likeness (QED) is 0.847. The number of ether oxygens (including phenoxy) is 1. The Bertz CT molecular complexity index is 631. The highest BCUT2D eigenvalue weighted by Crippen LogP contribution is 2.32. The number of pyridine rings is 1. The lowest BCUT2D eigenvalue weighted by molar-refractivity contribution is 0.00721. The minimum absolute atomic E-state index is 0.169. The Hall–Kier alpha value is -0.980. The van der Waals surface area contributed by atoms with Crippen molar-refractivity contribution in [1.29, 1.82) is 0 Å². The standard InChI is InChI=1S/C13H14BrNO3S/c1-13(2,3)18-12(17)8-6-19-11-9(14)4-7(5-16)15-10(8)11/h4,6,16H,5H2,1-3H3. The number of carbonyl (C=O) groups is 1. The molecule has 6 heteroatoms. The van der Waals surface area contributed by atoms with Gasteiger partial charge in [-0.25, -0.2) is 9.78 Å². The highest BCUT2D eigenvalue weighted by molar-refractivity contribution is 9.10. The van der Waals surface area contributed by atoms with Crippen LogP contribution in [0, 0.1) is 0 Å². The third-order valence-electron chi connectivity index (χ3n) is 2.31. The first kappa shape index (κ1) is 14.4. The SMILES string of the molecule is CC(C)(C)OC(=O)c1csc2c(Br)cc(CO)nc12. The first-order valence-corrected chi connectivity index (χ1v) is 7.40. The molecule has 102 valence electrons. The number of rotatable bonds is 2. The molecule has 0 aliphatic carbocycles. The van der Waals surface area contributed by atoms with Gasteiger partial charge >= 0.3 is 5.97 Å². The van der Waals surface area contributed by atoms with E-state index in [1.807, 2.05) is 20.8 Å². The van der Waals surface area contributed by atoms with Crippen molar-refractivity contribution in [3.63, 3.8) is 0 Å². The summed E-state index contributed by atoms with van der Waals surface area (Å²) in [5, 5.41) is 10.9. The van der Waals surface area contributed by atoms with Crippen molar-refractivity contribution in [2.75, 3.05) is 0 Å². The number of carbonyl (C=O) groups excluding carboxylic acids is 1. The highest BCUT2D eigenvalue weighted by Gasteiger charge is 2.22. The van der Waals surface area contributed by atoms with Gasteiger partial charge in [0.15, 0.2) is 0 Å². The molecule has 0 aliphatic rings. The number of aliphatic hydroxyl groups excluding tert-OH is 1. The summed E-state index contributed by atoms with van der Waals surface area (Å²) in [4.78, 5) is 16.4. The van der Waals surface area contributed by atoms with Crippen LogP contribution in [0.1, 0.15) is 36.8 Å². The largest absolute Gasteiger partial charge is 0.456 e. The van der Waals surface area contributed by atoms with Gasteiger partial charge in [-0.2, -0.15) is 0 Å². The van der Waals surface area contributed by atoms with Gasteiger partial charge in [0.1, 0.15) is 5.60 Å². The molecule has 0 aliphatic heterocycles. The van der Waals surface area contributed by atoms with E-state index in [-0.39, 0.29) is 6.61 Å². The Labute approximate surface area is 123 Å². The van der Waals surface area contributed by atoms with E-state index < -0.39 is 11.6 Å². The summed E-state index contributed by atoms with van der Waals surface area (Å²) >= 11 is 4.84. The molecule has 0 fully saturated rings. The number of aromatic nitrogens is 1. The smallest absolute Gasteiger partial charge is 0.341 e. The summed E-state index contributed by atoms with van der Waals surface area (Å²) in [6, 6.07) is 1.75. The topological polar surface area (TPSA) is 59.4 Å². The zero-order valence-electron chi connectivity index (χ0n) is 10.9. The number of nitrogens with zero attached hydrogens (tertiary/aromatic N) is 1. The van der Waals surface area contributed by atoms with Gasteiger partial charge < -0.3 is 9.84 Å². The zero-order chi connectivity index (χ0) is 14.2. The molecule has 2 rings (SSSR count). The summed E-state index contributed by atoms with van der Waals surface area (Å²) < 4.78 is 7.05. The number of hydrogen-bond donors (Lipinski definition) is 1. The molecule has 0 saturated heterocycles. The number of thiophene rings is 1. The molecular formula is C13H14BrNO3S. The van der Waals surface area contributed by atoms with Crippen LogP contribution in [0.3, 0.4) is 0 Å². The van der Waals surface area contributed by atoms with Crippen molar-refractivity contribution in [3.05, 3.63) is 27.2 Å². The van der Waals surface area contributed by atoms with E-state index in [4.69, 9.17) is 4.74 Å². The third-order valence-corrected chi connectivity index (χ3v) is 4.20. The Morgan fingerprint density at radius 3 is 2.79 bits per heavy atom. The average molecular weight is 344 g/mol. The second kappa shape index (κ2) is 5.19. The van der Waals surface area contributed by atoms with E-state index >= 15 is 0 Å². The lowest BCUT2D eigenvalue weighted by Gasteiger charge is -2.19. The van der Waals surface area contributed by atoms with Crippen molar-refractivity contribution in [3.8, 4) is 0 Å². The number of esters is 1. The fraction of sp³-hybridized carbons (Fsp3) is 0.385. The second-order valence-electron chi connectivity index (χ2n) is 5.08. The Kier molecular flexibility index (Phi) is 3.94. The fourth-order valence-corrected chi connectivity index (χ4v) is 3.19. The third kappa shape index (κ3) is 3.13. The van der Waals surface area contributed by atoms with Gasteiger partial charge in [-0.05, 0) is 42.8 Å². The summed E-state index contributed by atoms with van der Waals surface area (Å²) in [6.07, 6.45) is 0. The molecule has 0 bridgehead atoms. The van der Waals surface area contributed by atoms with Crippen LogP contribution in [-0.4, -0.2) is 21.7 Å². The number of aliphatic hydroxyl groups is 1. The van der Waals surface area contributed by atoms with E-state index in [0.717, 1.165) is 9.17 Å². The molecule has 0 spiro atoms. The summed E-state index contributed by atoms with van der Waals surface area (Å²) in [5.41, 5.74) is 0.975. The minimum Gasteiger partial charge on any atom is -0.456 e. The molecular weight excluding hydrogens is 330 g/mol. The molecule has 2 aromatic heterocycles. The molecule has 19 heavy (non-hydrogen) atoms. The normalized spacial score (nSPS) is 11.8. The Morgan fingerprint density at radius 1 is 1.53 bits per heavy atom. The first-order chi connectivity index (χ1) is 8.81. The molecule has 0 saturated carbocycles. The first-order valence-electron chi connectivity index (χ1n) is 5.72. The molecule has 1 N–H and O–H groups in total. The number of hydrogen-bond acceptors (Lipinski definition) is 5. The van der Waals surface area contributed by atoms with E-state index in [1.54, 1.807) is 11.4 Å². The molecule has 4 nitrogen and oxygen atoms in total. The maximum atomic E-state index is 12.1. The van der Waals surface area contributed by atoms with Crippen molar-refractivity contribution in [1.82, 2.24) is 4.98 Å². The second-order valence-corrected chi connectivity index (χ2v) is 6.82. The van der Waals surface area contributed by atoms with Crippen molar-refractivity contribution in [2.24, 2.45) is 0 Å². The van der Waals surface area contributed by atoms with E-state index in [0.29, 0.717) is 16.8 Å². The van der Waals surface area contributed by atoms with E-state index in [2.05, 4.69) is 20.9 Å². The predicted octanol–water partition coefficient (Wildman–Crippen LogP) is 3.51. The molecule has 2 aromatic rings. The van der Waals surface area contributed by atoms with Crippen LogP contribution in [0.25, 0.3) is 10.2 Å². The lowest BCUT2D eigenvalue weighted by atomic mass is 10.2. The van der Waals surface area contributed by atoms with Crippen molar-refractivity contribution >= 4 is 43.5 Å². The van der Waals surface area contributed by atoms with E-state index in [1.165, 1.54) is 11.3 Å². The Balaban J connectivity index is 2.50. The van der Waals surface area contributed by atoms with Gasteiger partial charge in [-0.3, -0.25) is 0 Å². The van der Waals surface area contributed by atoms with E-state index in [9.17, 15) is 9.90 Å². The number of halogens is 1. The van der Waals surface area contributed by atoms with Gasteiger partial charge in [0.25, 0.3) is 0 Å². The van der Waals surface area contributed by atoms with Crippen LogP contribution in [0.2, 0.25) is 0 Å². The van der Waals surface area contributed by atoms with Gasteiger partial charge in [0.2, 0.25) is 0 Å². The molecule has 0 amide bonds. The summed E-state index contributed by atoms with van der Waals surface area (Å²) in [7, 11) is 0. The minimum atomic E-state index is -0.544. The maximum absolute atomic E-state index is 12.1. The maximum Gasteiger partial charge on any atom is 0.341 e. The summed E-state index contributed by atoms with van der Waals surface area (Å²) in [6.45, 7) is 5.30. The van der Waals surface area contributed by atoms with Crippen LogP contribution < -0.4 is 0 Å². The summed E-state index contributed by atoms with van der Waals surface area (Å²) in [5.74, 6) is -0.395. The van der Waals surface area contributed by atoms with Crippen molar-refractivity contribution in [2.45, 2.75) is 33.0 Å². The zero-order valence-corrected chi connectivity index (χ0v) is 13.3. The number of fused-ring (bicyclic) bond motifs is 1. The fourth-order valence-electron chi connectivity index (χ4n) is 1.58. The van der Waals surface area contributed by atoms with Gasteiger partial charge in [-0.15, -0.1) is 11.3 Å². The molecule has 2 heterocycles. The van der Waals surface area contributed by atoms with Gasteiger partial charge in [-0.1, -0.05) is 0 Å². The lowest BCUT2D eigenvalue weighted by Crippen LogP contribution is -2.23. The van der Waals surface area contributed by atoms with Crippen molar-refractivity contribution < 1.29 is 14.6 Å². The highest BCUT2D eigenvalue weighted by atomic mass is 79.9. The van der Waals surface area contributed by atoms with Gasteiger partial charge in [0, 0.05) is 9.85 Å². The molecule has 0 unspecified atom stereocenters. The van der Waals surface area contributed by atoms with Crippen LogP contribution >= 0.6 is 27.3 Å². The Morgan fingerprint density at radius 2 is 2.21 bits per heavy atom. The molecule has 0 aromatic carbocycles. The van der Waals surface area contributed by atoms with Gasteiger partial charge in [0.05, 0.1) is 28.1 Å². The van der Waals surface area contributed by atoms with Crippen LogP contribution in [0.15, 0.2) is 15.9 Å².